The Morgan fingerprint density at radius 2 is 1.65 bits per heavy atom. The molecule has 0 unspecified atom stereocenters. The minimum atomic E-state index is 0.448. The number of likely N-dealkylation sites (tertiary alicyclic amines) is 1. The molecule has 2 aromatic heterocycles. The second-order valence-electron chi connectivity index (χ2n) is 7.12. The molecule has 0 bridgehead atoms. The SMILES string of the molecule is CN(C)c1ncc(CN2CCC(Nc3ccnc(N(C)C)n3)CC2)cn1. The van der Waals surface area contributed by atoms with E-state index < -0.39 is 0 Å². The van der Waals surface area contributed by atoms with Gasteiger partial charge in [0.25, 0.3) is 0 Å². The van der Waals surface area contributed by atoms with Crippen LogP contribution in [0.25, 0.3) is 0 Å². The van der Waals surface area contributed by atoms with E-state index >= 15 is 0 Å². The number of anilines is 3. The quantitative estimate of drug-likeness (QED) is 0.834. The van der Waals surface area contributed by atoms with Crippen LogP contribution in [0, 0.1) is 0 Å². The van der Waals surface area contributed by atoms with Gasteiger partial charge in [0.2, 0.25) is 11.9 Å². The average molecular weight is 356 g/mol. The minimum absolute atomic E-state index is 0.448. The summed E-state index contributed by atoms with van der Waals surface area (Å²) >= 11 is 0. The Balaban J connectivity index is 1.49. The van der Waals surface area contributed by atoms with Gasteiger partial charge in [0.15, 0.2) is 0 Å². The topological polar surface area (TPSA) is 73.3 Å². The minimum Gasteiger partial charge on any atom is -0.367 e. The Morgan fingerprint density at radius 1 is 1.00 bits per heavy atom. The monoisotopic (exact) mass is 356 g/mol. The number of piperidine rings is 1. The Kier molecular flexibility index (Phi) is 5.82. The summed E-state index contributed by atoms with van der Waals surface area (Å²) in [6, 6.07) is 2.38. The third-order valence-electron chi connectivity index (χ3n) is 4.48. The van der Waals surface area contributed by atoms with Gasteiger partial charge in [0, 0.05) is 78.0 Å². The molecule has 3 heterocycles. The van der Waals surface area contributed by atoms with Crippen LogP contribution in [-0.2, 0) is 6.54 Å². The highest BCUT2D eigenvalue weighted by molar-refractivity contribution is 5.41. The van der Waals surface area contributed by atoms with E-state index in [9.17, 15) is 0 Å². The van der Waals surface area contributed by atoms with Crippen molar-refractivity contribution in [3.05, 3.63) is 30.2 Å². The zero-order valence-corrected chi connectivity index (χ0v) is 16.1. The molecular weight excluding hydrogens is 328 g/mol. The van der Waals surface area contributed by atoms with Crippen LogP contribution in [0.15, 0.2) is 24.7 Å². The van der Waals surface area contributed by atoms with Gasteiger partial charge in [-0.05, 0) is 18.9 Å². The van der Waals surface area contributed by atoms with Gasteiger partial charge >= 0.3 is 0 Å². The lowest BCUT2D eigenvalue weighted by Gasteiger charge is -2.32. The summed E-state index contributed by atoms with van der Waals surface area (Å²) in [6.07, 6.45) is 7.85. The number of nitrogens with zero attached hydrogens (tertiary/aromatic N) is 7. The lowest BCUT2D eigenvalue weighted by Crippen LogP contribution is -2.38. The van der Waals surface area contributed by atoms with E-state index in [1.165, 1.54) is 0 Å². The normalized spacial score (nSPS) is 15.7. The van der Waals surface area contributed by atoms with Crippen molar-refractivity contribution < 1.29 is 0 Å². The van der Waals surface area contributed by atoms with Crippen LogP contribution in [0.4, 0.5) is 17.7 Å². The molecule has 1 aliphatic rings. The number of rotatable bonds is 6. The van der Waals surface area contributed by atoms with E-state index in [0.717, 1.165) is 55.8 Å². The summed E-state index contributed by atoms with van der Waals surface area (Å²) in [6.45, 7) is 3.01. The third kappa shape index (κ3) is 4.78. The van der Waals surface area contributed by atoms with Crippen LogP contribution in [0.2, 0.25) is 0 Å². The van der Waals surface area contributed by atoms with Gasteiger partial charge < -0.3 is 15.1 Å². The summed E-state index contributed by atoms with van der Waals surface area (Å²) in [5.41, 5.74) is 1.16. The number of nitrogens with one attached hydrogen (secondary N) is 1. The fourth-order valence-corrected chi connectivity index (χ4v) is 3.01. The number of hydrogen-bond acceptors (Lipinski definition) is 8. The van der Waals surface area contributed by atoms with Crippen LogP contribution in [0.5, 0.6) is 0 Å². The molecule has 140 valence electrons. The number of hydrogen-bond donors (Lipinski definition) is 1. The Hall–Kier alpha value is -2.48. The lowest BCUT2D eigenvalue weighted by atomic mass is 10.0. The van der Waals surface area contributed by atoms with Gasteiger partial charge in [-0.3, -0.25) is 4.90 Å². The van der Waals surface area contributed by atoms with Gasteiger partial charge in [-0.25, -0.2) is 15.0 Å². The van der Waals surface area contributed by atoms with Crippen molar-refractivity contribution in [3.63, 3.8) is 0 Å². The molecule has 1 fully saturated rings. The molecule has 3 rings (SSSR count). The van der Waals surface area contributed by atoms with Gasteiger partial charge in [0.05, 0.1) is 0 Å². The molecule has 8 nitrogen and oxygen atoms in total. The molecular formula is C18H28N8. The first kappa shape index (κ1) is 18.3. The van der Waals surface area contributed by atoms with Crippen LogP contribution < -0.4 is 15.1 Å². The first-order valence-corrected chi connectivity index (χ1v) is 8.99. The summed E-state index contributed by atoms with van der Waals surface area (Å²) in [5, 5.41) is 3.55. The molecule has 1 saturated heterocycles. The van der Waals surface area contributed by atoms with Gasteiger partial charge in [0.1, 0.15) is 5.82 Å². The van der Waals surface area contributed by atoms with Crippen LogP contribution in [0.1, 0.15) is 18.4 Å². The van der Waals surface area contributed by atoms with Crippen molar-refractivity contribution in [2.75, 3.05) is 56.4 Å². The molecule has 0 aromatic carbocycles. The lowest BCUT2D eigenvalue weighted by molar-refractivity contribution is 0.211. The second kappa shape index (κ2) is 8.27. The standard InChI is InChI=1S/C18H28N8/c1-24(2)17-20-11-14(12-21-17)13-26-9-6-15(7-10-26)22-16-5-8-19-18(23-16)25(3)4/h5,8,11-12,15H,6-7,9-10,13H2,1-4H3,(H,19,22,23). The van der Waals surface area contributed by atoms with Crippen LogP contribution in [0.3, 0.4) is 0 Å². The summed E-state index contributed by atoms with van der Waals surface area (Å²) in [5.74, 6) is 2.38. The Bertz CT molecular complexity index is 693. The first-order valence-electron chi connectivity index (χ1n) is 8.99. The molecule has 0 spiro atoms. The van der Waals surface area contributed by atoms with E-state index in [1.807, 2.05) is 56.5 Å². The van der Waals surface area contributed by atoms with Crippen LogP contribution in [-0.4, -0.2) is 72.2 Å². The molecule has 0 aliphatic carbocycles. The maximum absolute atomic E-state index is 4.55. The smallest absolute Gasteiger partial charge is 0.226 e. The predicted molar refractivity (Wildman–Crippen MR) is 105 cm³/mol. The van der Waals surface area contributed by atoms with E-state index in [0.29, 0.717) is 6.04 Å². The average Bonchev–Trinajstić information content (AvgIpc) is 2.64. The molecule has 2 aromatic rings. The summed E-state index contributed by atoms with van der Waals surface area (Å²) in [7, 11) is 7.80. The van der Waals surface area contributed by atoms with Crippen molar-refractivity contribution in [2.45, 2.75) is 25.4 Å². The van der Waals surface area contributed by atoms with Crippen molar-refractivity contribution >= 4 is 17.7 Å². The highest BCUT2D eigenvalue weighted by Crippen LogP contribution is 2.18. The van der Waals surface area contributed by atoms with Gasteiger partial charge in [-0.1, -0.05) is 0 Å². The van der Waals surface area contributed by atoms with Crippen molar-refractivity contribution in [2.24, 2.45) is 0 Å². The molecule has 0 saturated carbocycles. The van der Waals surface area contributed by atoms with E-state index in [1.54, 1.807) is 6.20 Å². The molecule has 0 amide bonds. The van der Waals surface area contributed by atoms with E-state index in [-0.39, 0.29) is 0 Å². The third-order valence-corrected chi connectivity index (χ3v) is 4.48. The molecule has 0 radical (unpaired) electrons. The predicted octanol–water partition coefficient (Wildman–Crippen LogP) is 1.48. The van der Waals surface area contributed by atoms with Crippen molar-refractivity contribution in [1.29, 1.82) is 0 Å². The van der Waals surface area contributed by atoms with Crippen LogP contribution >= 0.6 is 0 Å². The molecule has 26 heavy (non-hydrogen) atoms. The van der Waals surface area contributed by atoms with Gasteiger partial charge in [-0.15, -0.1) is 0 Å². The highest BCUT2D eigenvalue weighted by Gasteiger charge is 2.20. The molecule has 1 aliphatic heterocycles. The Morgan fingerprint density at radius 3 is 2.27 bits per heavy atom. The largest absolute Gasteiger partial charge is 0.367 e. The van der Waals surface area contributed by atoms with E-state index in [4.69, 9.17) is 0 Å². The maximum atomic E-state index is 4.55. The zero-order chi connectivity index (χ0) is 18.5. The second-order valence-corrected chi connectivity index (χ2v) is 7.12. The number of aromatic nitrogens is 4. The maximum Gasteiger partial charge on any atom is 0.226 e. The summed E-state index contributed by atoms with van der Waals surface area (Å²) < 4.78 is 0. The fourth-order valence-electron chi connectivity index (χ4n) is 3.01. The van der Waals surface area contributed by atoms with Crippen molar-refractivity contribution in [3.8, 4) is 0 Å². The first-order chi connectivity index (χ1) is 12.5. The summed E-state index contributed by atoms with van der Waals surface area (Å²) in [4.78, 5) is 23.9. The Labute approximate surface area is 155 Å². The molecule has 1 N–H and O–H groups in total. The molecule has 0 atom stereocenters. The van der Waals surface area contributed by atoms with Crippen molar-refractivity contribution in [1.82, 2.24) is 24.8 Å². The van der Waals surface area contributed by atoms with Gasteiger partial charge in [-0.2, -0.15) is 4.98 Å². The zero-order valence-electron chi connectivity index (χ0n) is 16.1. The fraction of sp³-hybridized carbons (Fsp3) is 0.556. The molecule has 8 heteroatoms. The van der Waals surface area contributed by atoms with E-state index in [2.05, 4.69) is 30.2 Å². The highest BCUT2D eigenvalue weighted by atomic mass is 15.2.